The maximum atomic E-state index is 12.0. The lowest BCUT2D eigenvalue weighted by atomic mass is 9.90. The number of hydrazone groups is 1. The molecule has 1 aromatic carbocycles. The molecule has 1 fully saturated rings. The SMILES string of the molecule is COc1ccc(C(=O)N/N=C\C2CCCCC2)cc1OC. The van der Waals surface area contributed by atoms with Crippen molar-refractivity contribution in [1.82, 2.24) is 5.43 Å². The molecule has 0 bridgehead atoms. The van der Waals surface area contributed by atoms with E-state index in [4.69, 9.17) is 9.47 Å². The number of hydrogen-bond donors (Lipinski definition) is 1. The third-order valence-electron chi connectivity index (χ3n) is 3.75. The van der Waals surface area contributed by atoms with Crippen LogP contribution in [0.1, 0.15) is 42.5 Å². The molecule has 5 heteroatoms. The third-order valence-corrected chi connectivity index (χ3v) is 3.75. The van der Waals surface area contributed by atoms with Crippen molar-refractivity contribution < 1.29 is 14.3 Å². The second-order valence-electron chi connectivity index (χ2n) is 5.19. The molecule has 0 radical (unpaired) electrons. The average Bonchev–Trinajstić information content (AvgIpc) is 2.55. The topological polar surface area (TPSA) is 59.9 Å². The number of carbonyl (C=O) groups excluding carboxylic acids is 1. The van der Waals surface area contributed by atoms with E-state index >= 15 is 0 Å². The summed E-state index contributed by atoms with van der Waals surface area (Å²) in [6.07, 6.45) is 7.99. The quantitative estimate of drug-likeness (QED) is 0.670. The van der Waals surface area contributed by atoms with Crippen LogP contribution in [0.25, 0.3) is 0 Å². The summed E-state index contributed by atoms with van der Waals surface area (Å²) in [5.74, 6) is 1.37. The van der Waals surface area contributed by atoms with Crippen LogP contribution in [0.4, 0.5) is 0 Å². The first-order valence-corrected chi connectivity index (χ1v) is 7.30. The van der Waals surface area contributed by atoms with Gasteiger partial charge in [-0.2, -0.15) is 5.10 Å². The van der Waals surface area contributed by atoms with E-state index in [2.05, 4.69) is 10.5 Å². The van der Waals surface area contributed by atoms with Gasteiger partial charge in [-0.3, -0.25) is 4.79 Å². The van der Waals surface area contributed by atoms with Gasteiger partial charge in [0.1, 0.15) is 0 Å². The smallest absolute Gasteiger partial charge is 0.271 e. The van der Waals surface area contributed by atoms with Crippen LogP contribution < -0.4 is 14.9 Å². The number of ether oxygens (including phenoxy) is 2. The van der Waals surface area contributed by atoms with E-state index in [9.17, 15) is 4.79 Å². The van der Waals surface area contributed by atoms with Crippen molar-refractivity contribution in [2.24, 2.45) is 11.0 Å². The van der Waals surface area contributed by atoms with E-state index in [-0.39, 0.29) is 5.91 Å². The molecular formula is C16H22N2O3. The molecule has 1 amide bonds. The summed E-state index contributed by atoms with van der Waals surface area (Å²) >= 11 is 0. The number of nitrogens with one attached hydrogen (secondary N) is 1. The monoisotopic (exact) mass is 290 g/mol. The fourth-order valence-corrected chi connectivity index (χ4v) is 2.53. The molecule has 1 saturated carbocycles. The Balaban J connectivity index is 1.95. The Hall–Kier alpha value is -2.04. The van der Waals surface area contributed by atoms with Crippen molar-refractivity contribution in [1.29, 1.82) is 0 Å². The standard InChI is InChI=1S/C16H22N2O3/c1-20-14-9-8-13(10-15(14)21-2)16(19)18-17-11-12-6-4-3-5-7-12/h8-12H,3-7H2,1-2H3,(H,18,19)/b17-11-. The van der Waals surface area contributed by atoms with Gasteiger partial charge < -0.3 is 9.47 Å². The number of amides is 1. The Bertz CT molecular complexity index is 508. The van der Waals surface area contributed by atoms with Crippen LogP contribution in [0.2, 0.25) is 0 Å². The zero-order valence-electron chi connectivity index (χ0n) is 12.6. The van der Waals surface area contributed by atoms with Crippen molar-refractivity contribution in [3.8, 4) is 11.5 Å². The maximum absolute atomic E-state index is 12.0. The number of rotatable bonds is 5. The fraction of sp³-hybridized carbons (Fsp3) is 0.500. The molecule has 0 spiro atoms. The Morgan fingerprint density at radius 1 is 1.19 bits per heavy atom. The molecule has 0 unspecified atom stereocenters. The van der Waals surface area contributed by atoms with Gasteiger partial charge in [-0.25, -0.2) is 5.43 Å². The highest BCUT2D eigenvalue weighted by atomic mass is 16.5. The van der Waals surface area contributed by atoms with Crippen molar-refractivity contribution in [3.05, 3.63) is 23.8 Å². The van der Waals surface area contributed by atoms with E-state index < -0.39 is 0 Å². The highest BCUT2D eigenvalue weighted by molar-refractivity contribution is 5.95. The predicted octanol–water partition coefficient (Wildman–Crippen LogP) is 3.00. The number of carbonyl (C=O) groups is 1. The largest absolute Gasteiger partial charge is 0.493 e. The van der Waals surface area contributed by atoms with Crippen molar-refractivity contribution in [2.75, 3.05) is 14.2 Å². The molecule has 114 valence electrons. The molecule has 2 rings (SSSR count). The number of nitrogens with zero attached hydrogens (tertiary/aromatic N) is 1. The van der Waals surface area contributed by atoms with E-state index in [1.807, 2.05) is 6.21 Å². The molecule has 5 nitrogen and oxygen atoms in total. The first kappa shape index (κ1) is 15.4. The molecule has 21 heavy (non-hydrogen) atoms. The first-order chi connectivity index (χ1) is 10.2. The molecule has 1 aliphatic carbocycles. The lowest BCUT2D eigenvalue weighted by molar-refractivity contribution is 0.0954. The molecule has 0 aromatic heterocycles. The zero-order chi connectivity index (χ0) is 15.1. The van der Waals surface area contributed by atoms with Gasteiger partial charge >= 0.3 is 0 Å². The second kappa shape index (κ2) is 7.67. The summed E-state index contributed by atoms with van der Waals surface area (Å²) in [7, 11) is 3.10. The van der Waals surface area contributed by atoms with Crippen LogP contribution >= 0.6 is 0 Å². The van der Waals surface area contributed by atoms with Gasteiger partial charge in [-0.1, -0.05) is 19.3 Å². The van der Waals surface area contributed by atoms with Gasteiger partial charge in [0, 0.05) is 11.8 Å². The average molecular weight is 290 g/mol. The van der Waals surface area contributed by atoms with E-state index in [0.717, 1.165) is 12.8 Å². The van der Waals surface area contributed by atoms with Crippen LogP contribution in [0.5, 0.6) is 11.5 Å². The van der Waals surface area contributed by atoms with Gasteiger partial charge in [0.05, 0.1) is 14.2 Å². The van der Waals surface area contributed by atoms with Crippen molar-refractivity contribution >= 4 is 12.1 Å². The van der Waals surface area contributed by atoms with Crippen LogP contribution in [0, 0.1) is 5.92 Å². The van der Waals surface area contributed by atoms with Crippen molar-refractivity contribution in [3.63, 3.8) is 0 Å². The summed E-state index contributed by atoms with van der Waals surface area (Å²) in [5, 5.41) is 4.07. The van der Waals surface area contributed by atoms with Gasteiger partial charge in [0.25, 0.3) is 5.91 Å². The highest BCUT2D eigenvalue weighted by Gasteiger charge is 2.12. The maximum Gasteiger partial charge on any atom is 0.271 e. The molecule has 1 aliphatic rings. The van der Waals surface area contributed by atoms with Crippen LogP contribution in [-0.4, -0.2) is 26.3 Å². The van der Waals surface area contributed by atoms with Crippen molar-refractivity contribution in [2.45, 2.75) is 32.1 Å². The summed E-state index contributed by atoms with van der Waals surface area (Å²) in [6, 6.07) is 5.04. The van der Waals surface area contributed by atoms with Gasteiger partial charge in [0.15, 0.2) is 11.5 Å². The molecular weight excluding hydrogens is 268 g/mol. The minimum absolute atomic E-state index is 0.247. The summed E-state index contributed by atoms with van der Waals surface area (Å²) in [6.45, 7) is 0. The number of benzene rings is 1. The Labute approximate surface area is 125 Å². The molecule has 0 heterocycles. The third kappa shape index (κ3) is 4.21. The predicted molar refractivity (Wildman–Crippen MR) is 82.1 cm³/mol. The minimum atomic E-state index is -0.247. The zero-order valence-corrected chi connectivity index (χ0v) is 12.6. The van der Waals surface area contributed by atoms with Gasteiger partial charge in [0.2, 0.25) is 0 Å². The lowest BCUT2D eigenvalue weighted by Gasteiger charge is -2.16. The van der Waals surface area contributed by atoms with Gasteiger partial charge in [-0.15, -0.1) is 0 Å². The Morgan fingerprint density at radius 3 is 2.57 bits per heavy atom. The summed E-state index contributed by atoms with van der Waals surface area (Å²) in [5.41, 5.74) is 3.06. The molecule has 0 saturated heterocycles. The van der Waals surface area contributed by atoms with Crippen LogP contribution in [0.3, 0.4) is 0 Å². The molecule has 1 N–H and O–H groups in total. The highest BCUT2D eigenvalue weighted by Crippen LogP contribution is 2.27. The molecule has 1 aromatic rings. The van der Waals surface area contributed by atoms with Crippen LogP contribution in [-0.2, 0) is 0 Å². The Morgan fingerprint density at radius 2 is 1.90 bits per heavy atom. The summed E-state index contributed by atoms with van der Waals surface area (Å²) < 4.78 is 10.3. The fourth-order valence-electron chi connectivity index (χ4n) is 2.53. The van der Waals surface area contributed by atoms with E-state index in [0.29, 0.717) is 23.0 Å². The number of methoxy groups -OCH3 is 2. The lowest BCUT2D eigenvalue weighted by Crippen LogP contribution is -2.19. The Kier molecular flexibility index (Phi) is 5.60. The summed E-state index contributed by atoms with van der Waals surface area (Å²) in [4.78, 5) is 12.0. The second-order valence-corrected chi connectivity index (χ2v) is 5.19. The van der Waals surface area contributed by atoms with Gasteiger partial charge in [-0.05, 0) is 37.0 Å². The normalized spacial score (nSPS) is 15.9. The first-order valence-electron chi connectivity index (χ1n) is 7.30. The van der Waals surface area contributed by atoms with E-state index in [1.165, 1.54) is 19.3 Å². The molecule has 0 atom stereocenters. The number of hydrogen-bond acceptors (Lipinski definition) is 4. The molecule has 0 aliphatic heterocycles. The van der Waals surface area contributed by atoms with Crippen LogP contribution in [0.15, 0.2) is 23.3 Å². The minimum Gasteiger partial charge on any atom is -0.493 e. The van der Waals surface area contributed by atoms with E-state index in [1.54, 1.807) is 32.4 Å².